The summed E-state index contributed by atoms with van der Waals surface area (Å²) in [7, 11) is 0. The van der Waals surface area contributed by atoms with Gasteiger partial charge in [-0.05, 0) is 37.5 Å². The molecule has 0 aliphatic carbocycles. The molecule has 6 heteroatoms. The maximum atomic E-state index is 10.2. The van der Waals surface area contributed by atoms with Gasteiger partial charge >= 0.3 is 0 Å². The first-order valence-electron chi connectivity index (χ1n) is 10.6. The number of fused-ring (bicyclic) bond motifs is 1. The van der Waals surface area contributed by atoms with Crippen molar-refractivity contribution in [3.63, 3.8) is 0 Å². The molecule has 154 valence electrons. The molecule has 0 saturated carbocycles. The Kier molecular flexibility index (Phi) is 5.35. The van der Waals surface area contributed by atoms with Crippen LogP contribution in [0.3, 0.4) is 0 Å². The molecule has 3 heterocycles. The molecule has 2 aromatic carbocycles. The van der Waals surface area contributed by atoms with E-state index < -0.39 is 0 Å². The van der Waals surface area contributed by atoms with Crippen molar-refractivity contribution in [2.24, 2.45) is 0 Å². The Balaban J connectivity index is 1.65. The lowest BCUT2D eigenvalue weighted by Crippen LogP contribution is -2.18. The predicted octanol–water partition coefficient (Wildman–Crippen LogP) is 5.76. The molecular formula is C25H23N5S. The van der Waals surface area contributed by atoms with E-state index in [1.807, 2.05) is 18.2 Å². The van der Waals surface area contributed by atoms with Gasteiger partial charge in [0.25, 0.3) is 0 Å². The molecule has 1 aromatic heterocycles. The van der Waals surface area contributed by atoms with E-state index in [1.54, 1.807) is 11.8 Å². The Bertz CT molecular complexity index is 1200. The van der Waals surface area contributed by atoms with Crippen LogP contribution in [0.4, 0.5) is 5.69 Å². The number of anilines is 1. The van der Waals surface area contributed by atoms with Gasteiger partial charge in [-0.1, -0.05) is 66.2 Å². The van der Waals surface area contributed by atoms with Crippen LogP contribution in [0.1, 0.15) is 42.0 Å². The molecule has 0 amide bonds. The highest BCUT2D eigenvalue weighted by molar-refractivity contribution is 8.06. The number of hydrogen-bond donors (Lipinski definition) is 0. The van der Waals surface area contributed by atoms with E-state index in [1.165, 1.54) is 12.0 Å². The zero-order valence-electron chi connectivity index (χ0n) is 17.5. The lowest BCUT2D eigenvalue weighted by molar-refractivity contribution is 0.627. The summed E-state index contributed by atoms with van der Waals surface area (Å²) in [5.41, 5.74) is 5.01. The number of hydrogen-bond acceptors (Lipinski definition) is 5. The van der Waals surface area contributed by atoms with Crippen molar-refractivity contribution in [1.82, 2.24) is 14.8 Å². The summed E-state index contributed by atoms with van der Waals surface area (Å²) in [5, 5.41) is 22.1. The number of aryl methyl sites for hydroxylation is 2. The van der Waals surface area contributed by atoms with Gasteiger partial charge in [0.15, 0.2) is 5.82 Å². The SMILES string of the molecule is Cc1ccc(C2=CS/C(=C(/C#N)c3nnc4n3CCCCC4)N2c2ccccc2)cc1. The highest BCUT2D eigenvalue weighted by atomic mass is 32.2. The smallest absolute Gasteiger partial charge is 0.177 e. The van der Waals surface area contributed by atoms with Crippen LogP contribution in [0.15, 0.2) is 65.0 Å². The van der Waals surface area contributed by atoms with Crippen molar-refractivity contribution in [2.45, 2.75) is 39.2 Å². The van der Waals surface area contributed by atoms with Crippen LogP contribution < -0.4 is 4.90 Å². The third-order valence-corrected chi connectivity index (χ3v) is 6.70. The summed E-state index contributed by atoms with van der Waals surface area (Å²) in [6.07, 6.45) is 4.32. The van der Waals surface area contributed by atoms with Crippen molar-refractivity contribution >= 4 is 28.7 Å². The molecule has 5 rings (SSSR count). The Morgan fingerprint density at radius 1 is 1.00 bits per heavy atom. The molecule has 0 saturated heterocycles. The number of nitriles is 1. The number of allylic oxidation sites excluding steroid dienone is 1. The standard InChI is InChI=1S/C25H23N5S/c1-18-11-13-19(14-12-18)22-17-31-25(30(22)20-8-4-2-5-9-20)21(16-26)24-28-27-23-10-6-3-7-15-29(23)24/h2,4-5,8-9,11-14,17H,3,6-7,10,15H2,1H3/b25-21-. The molecule has 0 unspecified atom stereocenters. The minimum atomic E-state index is 0.577. The topological polar surface area (TPSA) is 57.7 Å². The van der Waals surface area contributed by atoms with Crippen molar-refractivity contribution in [3.8, 4) is 6.07 Å². The summed E-state index contributed by atoms with van der Waals surface area (Å²) in [5.74, 6) is 1.67. The van der Waals surface area contributed by atoms with Gasteiger partial charge in [-0.2, -0.15) is 5.26 Å². The normalized spacial score (nSPS) is 17.5. The molecule has 0 fully saturated rings. The Hall–Kier alpha value is -3.30. The maximum absolute atomic E-state index is 10.2. The van der Waals surface area contributed by atoms with Gasteiger partial charge < -0.3 is 9.47 Å². The zero-order chi connectivity index (χ0) is 21.2. The lowest BCUT2D eigenvalue weighted by Gasteiger charge is -2.25. The van der Waals surface area contributed by atoms with Crippen LogP contribution >= 0.6 is 11.8 Å². The Labute approximate surface area is 186 Å². The van der Waals surface area contributed by atoms with Crippen LogP contribution in [0.2, 0.25) is 0 Å². The Morgan fingerprint density at radius 3 is 2.58 bits per heavy atom. The van der Waals surface area contributed by atoms with Crippen LogP contribution in [0.25, 0.3) is 11.3 Å². The van der Waals surface area contributed by atoms with Crippen molar-refractivity contribution < 1.29 is 0 Å². The monoisotopic (exact) mass is 425 g/mol. The number of thioether (sulfide) groups is 1. The fraction of sp³-hybridized carbons (Fsp3) is 0.240. The third kappa shape index (κ3) is 3.66. The van der Waals surface area contributed by atoms with E-state index in [4.69, 9.17) is 0 Å². The van der Waals surface area contributed by atoms with E-state index in [0.717, 1.165) is 53.6 Å². The van der Waals surface area contributed by atoms with E-state index in [-0.39, 0.29) is 0 Å². The first-order chi connectivity index (χ1) is 15.3. The van der Waals surface area contributed by atoms with Gasteiger partial charge in [0.05, 0.1) is 5.70 Å². The molecule has 2 aliphatic heterocycles. The molecule has 0 bridgehead atoms. The van der Waals surface area contributed by atoms with Gasteiger partial charge in [0, 0.05) is 24.1 Å². The summed E-state index contributed by atoms with van der Waals surface area (Å²) in [6, 6.07) is 21.2. The maximum Gasteiger partial charge on any atom is 0.177 e. The summed E-state index contributed by atoms with van der Waals surface area (Å²) in [4.78, 5) is 2.17. The fourth-order valence-electron chi connectivity index (χ4n) is 4.12. The highest BCUT2D eigenvalue weighted by Crippen LogP contribution is 2.46. The molecule has 0 atom stereocenters. The fourth-order valence-corrected chi connectivity index (χ4v) is 5.14. The minimum absolute atomic E-state index is 0.577. The molecule has 0 spiro atoms. The van der Waals surface area contributed by atoms with E-state index in [9.17, 15) is 5.26 Å². The van der Waals surface area contributed by atoms with Gasteiger partial charge in [-0.25, -0.2) is 0 Å². The van der Waals surface area contributed by atoms with E-state index >= 15 is 0 Å². The summed E-state index contributed by atoms with van der Waals surface area (Å²) in [6.45, 7) is 2.96. The molecule has 5 nitrogen and oxygen atoms in total. The number of aromatic nitrogens is 3. The number of benzene rings is 2. The second-order valence-corrected chi connectivity index (χ2v) is 8.71. The number of nitrogens with zero attached hydrogens (tertiary/aromatic N) is 5. The van der Waals surface area contributed by atoms with Crippen molar-refractivity contribution in [1.29, 1.82) is 5.26 Å². The van der Waals surface area contributed by atoms with Gasteiger partial charge in [0.1, 0.15) is 22.5 Å². The zero-order valence-corrected chi connectivity index (χ0v) is 18.3. The minimum Gasteiger partial charge on any atom is -0.310 e. The van der Waals surface area contributed by atoms with Gasteiger partial charge in [-0.3, -0.25) is 0 Å². The largest absolute Gasteiger partial charge is 0.310 e. The predicted molar refractivity (Wildman–Crippen MR) is 126 cm³/mol. The van der Waals surface area contributed by atoms with Crippen LogP contribution in [-0.4, -0.2) is 14.8 Å². The molecular weight excluding hydrogens is 402 g/mol. The first kappa shape index (κ1) is 19.7. The first-order valence-corrected chi connectivity index (χ1v) is 11.5. The molecule has 0 radical (unpaired) electrons. The molecule has 3 aromatic rings. The second kappa shape index (κ2) is 8.44. The van der Waals surface area contributed by atoms with E-state index in [0.29, 0.717) is 11.4 Å². The summed E-state index contributed by atoms with van der Waals surface area (Å²) >= 11 is 1.58. The van der Waals surface area contributed by atoms with Crippen molar-refractivity contribution in [3.05, 3.63) is 87.8 Å². The van der Waals surface area contributed by atoms with Gasteiger partial charge in [0.2, 0.25) is 0 Å². The molecule has 2 aliphatic rings. The molecule has 31 heavy (non-hydrogen) atoms. The quantitative estimate of drug-likeness (QED) is 0.500. The van der Waals surface area contributed by atoms with E-state index in [2.05, 4.69) is 74.5 Å². The highest BCUT2D eigenvalue weighted by Gasteiger charge is 2.30. The van der Waals surface area contributed by atoms with Crippen LogP contribution in [-0.2, 0) is 13.0 Å². The van der Waals surface area contributed by atoms with Gasteiger partial charge in [-0.15, -0.1) is 10.2 Å². The average molecular weight is 426 g/mol. The third-order valence-electron chi connectivity index (χ3n) is 5.75. The van der Waals surface area contributed by atoms with Crippen LogP contribution in [0, 0.1) is 18.3 Å². The molecule has 0 N–H and O–H groups in total. The van der Waals surface area contributed by atoms with Crippen LogP contribution in [0.5, 0.6) is 0 Å². The number of rotatable bonds is 3. The second-order valence-electron chi connectivity index (χ2n) is 7.85. The average Bonchev–Trinajstić information content (AvgIpc) is 3.33. The Morgan fingerprint density at radius 2 is 1.81 bits per heavy atom. The number of para-hydroxylation sites is 1. The van der Waals surface area contributed by atoms with Crippen molar-refractivity contribution in [2.75, 3.05) is 4.90 Å². The lowest BCUT2D eigenvalue weighted by atomic mass is 10.1. The summed E-state index contributed by atoms with van der Waals surface area (Å²) < 4.78 is 2.14.